The summed E-state index contributed by atoms with van der Waals surface area (Å²) in [4.78, 5) is 31.7. The summed E-state index contributed by atoms with van der Waals surface area (Å²) >= 11 is 0. The van der Waals surface area contributed by atoms with Crippen LogP contribution in [0.2, 0.25) is 0 Å². The molecule has 2 aliphatic rings. The molecule has 0 spiro atoms. The molecule has 11 nitrogen and oxygen atoms in total. The van der Waals surface area contributed by atoms with Crippen LogP contribution in [0.1, 0.15) is 12.7 Å². The lowest BCUT2D eigenvalue weighted by molar-refractivity contribution is -0.283. The molecule has 1 aromatic carbocycles. The predicted molar refractivity (Wildman–Crippen MR) is 136 cm³/mol. The van der Waals surface area contributed by atoms with E-state index in [9.17, 15) is 9.18 Å². The first-order chi connectivity index (χ1) is 18.5. The van der Waals surface area contributed by atoms with Gasteiger partial charge in [-0.3, -0.25) is 4.79 Å². The summed E-state index contributed by atoms with van der Waals surface area (Å²) in [5.41, 5.74) is 2.43. The molecule has 0 unspecified atom stereocenters. The third-order valence-electron chi connectivity index (χ3n) is 6.54. The Hall–Kier alpha value is -3.45. The number of aromatic nitrogens is 4. The Morgan fingerprint density at radius 1 is 1.18 bits per heavy atom. The number of nitrogens with zero attached hydrogens (tertiary/aromatic N) is 4. The second-order valence-electron chi connectivity index (χ2n) is 9.20. The first-order valence-electron chi connectivity index (χ1n) is 12.5. The van der Waals surface area contributed by atoms with E-state index < -0.39 is 11.7 Å². The number of ether oxygens (including phenoxy) is 4. The molecule has 1 amide bonds. The van der Waals surface area contributed by atoms with Crippen molar-refractivity contribution in [1.82, 2.24) is 24.8 Å². The van der Waals surface area contributed by atoms with Crippen molar-refractivity contribution in [2.45, 2.75) is 12.7 Å². The van der Waals surface area contributed by atoms with Gasteiger partial charge in [0.15, 0.2) is 5.82 Å². The maximum absolute atomic E-state index is 13.7. The molecule has 0 saturated carbocycles. The topological polar surface area (TPSA) is 124 Å². The number of imidazole rings is 1. The van der Waals surface area contributed by atoms with E-state index in [1.807, 2.05) is 0 Å². The molecular weight excluding hydrogens is 495 g/mol. The number of nitrogens with one attached hydrogen (secondary N) is 2. The summed E-state index contributed by atoms with van der Waals surface area (Å²) in [5.74, 6) is -1.13. The largest absolute Gasteiger partial charge is 0.383 e. The highest BCUT2D eigenvalue weighted by Crippen LogP contribution is 2.36. The molecule has 2 fully saturated rings. The van der Waals surface area contributed by atoms with Crippen molar-refractivity contribution < 1.29 is 28.1 Å². The van der Waals surface area contributed by atoms with E-state index in [1.54, 1.807) is 43.3 Å². The van der Waals surface area contributed by atoms with Crippen LogP contribution in [0, 0.1) is 11.7 Å². The quantitative estimate of drug-likeness (QED) is 0.426. The van der Waals surface area contributed by atoms with Crippen molar-refractivity contribution in [3.05, 3.63) is 48.2 Å². The van der Waals surface area contributed by atoms with E-state index in [0.29, 0.717) is 73.9 Å². The zero-order chi connectivity index (χ0) is 26.5. The number of aromatic amines is 1. The number of benzene rings is 1. The number of hydrogen-bond acceptors (Lipinski definition) is 9. The summed E-state index contributed by atoms with van der Waals surface area (Å²) in [5, 5.41) is 3.12. The van der Waals surface area contributed by atoms with Crippen molar-refractivity contribution in [2.24, 2.45) is 5.92 Å². The Balaban J connectivity index is 1.41. The van der Waals surface area contributed by atoms with Crippen LogP contribution in [0.4, 0.5) is 10.3 Å². The summed E-state index contributed by atoms with van der Waals surface area (Å²) in [6.45, 7) is 5.39. The number of rotatable bonds is 8. The zero-order valence-corrected chi connectivity index (χ0v) is 21.4. The fourth-order valence-corrected chi connectivity index (χ4v) is 4.37. The average Bonchev–Trinajstić information content (AvgIpc) is 3.41. The lowest BCUT2D eigenvalue weighted by Crippen LogP contribution is -2.50. The minimum Gasteiger partial charge on any atom is -0.383 e. The molecule has 2 aromatic heterocycles. The molecule has 2 N–H and O–H groups in total. The maximum atomic E-state index is 13.7. The van der Waals surface area contributed by atoms with Crippen LogP contribution in [0.3, 0.4) is 0 Å². The van der Waals surface area contributed by atoms with Gasteiger partial charge >= 0.3 is 0 Å². The normalized spacial score (nSPS) is 21.9. The standard InChI is InChI=1S/C26H31FN6O5/c1-26(37-15-18(16-38-26)23(34)33-10-13-36-14-11-33)24-31-21(17-3-5-19(27)6-4-17)22(32-24)20-7-8-28-25(30-20)29-9-12-35-2/h3-8,18H,9-16H2,1-2H3,(H,31,32)(H,28,29,30). The van der Waals surface area contributed by atoms with Crippen LogP contribution in [0.15, 0.2) is 36.5 Å². The number of carbonyl (C=O) groups is 1. The average molecular weight is 527 g/mol. The van der Waals surface area contributed by atoms with E-state index in [-0.39, 0.29) is 24.9 Å². The van der Waals surface area contributed by atoms with Gasteiger partial charge in [0.25, 0.3) is 0 Å². The van der Waals surface area contributed by atoms with Crippen molar-refractivity contribution in [1.29, 1.82) is 0 Å². The second-order valence-corrected chi connectivity index (χ2v) is 9.20. The highest BCUT2D eigenvalue weighted by molar-refractivity contribution is 5.79. The highest BCUT2D eigenvalue weighted by atomic mass is 19.1. The van der Waals surface area contributed by atoms with Gasteiger partial charge in [0, 0.05) is 38.5 Å². The molecule has 12 heteroatoms. The zero-order valence-electron chi connectivity index (χ0n) is 21.4. The van der Waals surface area contributed by atoms with Crippen LogP contribution < -0.4 is 5.32 Å². The van der Waals surface area contributed by atoms with E-state index in [0.717, 1.165) is 0 Å². The first kappa shape index (κ1) is 26.2. The SMILES string of the molecule is COCCNc1nccc(-c2[nH]c(C3(C)OCC(C(=O)N4CCOCC4)CO3)nc2-c2ccc(F)cc2)n1. The Kier molecular flexibility index (Phi) is 7.93. The van der Waals surface area contributed by atoms with Gasteiger partial charge in [-0.2, -0.15) is 0 Å². The molecule has 2 saturated heterocycles. The van der Waals surface area contributed by atoms with Crippen molar-refractivity contribution in [3.8, 4) is 22.6 Å². The summed E-state index contributed by atoms with van der Waals surface area (Å²) < 4.78 is 36.3. The number of amides is 1. The molecule has 0 aliphatic carbocycles. The van der Waals surface area contributed by atoms with Gasteiger partial charge in [0.2, 0.25) is 17.6 Å². The van der Waals surface area contributed by atoms with Crippen LogP contribution >= 0.6 is 0 Å². The van der Waals surface area contributed by atoms with Gasteiger partial charge in [-0.15, -0.1) is 0 Å². The van der Waals surface area contributed by atoms with Gasteiger partial charge in [-0.1, -0.05) is 0 Å². The second kappa shape index (κ2) is 11.5. The monoisotopic (exact) mass is 526 g/mol. The van der Waals surface area contributed by atoms with Crippen molar-refractivity contribution >= 4 is 11.9 Å². The lowest BCUT2D eigenvalue weighted by atomic mass is 10.1. The number of hydrogen-bond donors (Lipinski definition) is 2. The fourth-order valence-electron chi connectivity index (χ4n) is 4.37. The van der Waals surface area contributed by atoms with Crippen molar-refractivity contribution in [3.63, 3.8) is 0 Å². The lowest BCUT2D eigenvalue weighted by Gasteiger charge is -2.38. The van der Waals surface area contributed by atoms with E-state index >= 15 is 0 Å². The molecule has 0 bridgehead atoms. The molecule has 2 aliphatic heterocycles. The van der Waals surface area contributed by atoms with Crippen LogP contribution in [-0.4, -0.2) is 90.5 Å². The van der Waals surface area contributed by atoms with E-state index in [4.69, 9.17) is 23.9 Å². The number of morpholine rings is 1. The molecule has 3 aromatic rings. The Morgan fingerprint density at radius 2 is 1.92 bits per heavy atom. The Morgan fingerprint density at radius 3 is 2.63 bits per heavy atom. The van der Waals surface area contributed by atoms with E-state index in [2.05, 4.69) is 20.3 Å². The number of carbonyl (C=O) groups excluding carboxylic acids is 1. The van der Waals surface area contributed by atoms with Crippen molar-refractivity contribution in [2.75, 3.05) is 65.1 Å². The molecular formula is C26H31FN6O5. The van der Waals surface area contributed by atoms with Gasteiger partial charge in [0.05, 0.1) is 56.0 Å². The maximum Gasteiger partial charge on any atom is 0.230 e. The molecule has 202 valence electrons. The van der Waals surface area contributed by atoms with Gasteiger partial charge in [-0.05, 0) is 37.3 Å². The van der Waals surface area contributed by atoms with E-state index in [1.165, 1.54) is 12.1 Å². The number of anilines is 1. The third kappa shape index (κ3) is 5.68. The Labute approximate surface area is 219 Å². The highest BCUT2D eigenvalue weighted by Gasteiger charge is 2.41. The van der Waals surface area contributed by atoms with Gasteiger partial charge in [0.1, 0.15) is 5.82 Å². The van der Waals surface area contributed by atoms with Gasteiger partial charge < -0.3 is 34.1 Å². The third-order valence-corrected chi connectivity index (χ3v) is 6.54. The van der Waals surface area contributed by atoms with Crippen LogP contribution in [0.5, 0.6) is 0 Å². The Bertz CT molecular complexity index is 1240. The fraction of sp³-hybridized carbons (Fsp3) is 0.462. The number of methoxy groups -OCH3 is 1. The number of halogens is 1. The molecule has 4 heterocycles. The molecule has 0 atom stereocenters. The molecule has 5 rings (SSSR count). The minimum absolute atomic E-state index is 0.00280. The van der Waals surface area contributed by atoms with Crippen LogP contribution in [-0.2, 0) is 29.5 Å². The van der Waals surface area contributed by atoms with Gasteiger partial charge in [-0.25, -0.2) is 19.3 Å². The summed E-state index contributed by atoms with van der Waals surface area (Å²) in [7, 11) is 1.62. The van der Waals surface area contributed by atoms with Crippen LogP contribution in [0.25, 0.3) is 22.6 Å². The smallest absolute Gasteiger partial charge is 0.230 e. The first-order valence-corrected chi connectivity index (χ1v) is 12.5. The molecule has 38 heavy (non-hydrogen) atoms. The predicted octanol–water partition coefficient (Wildman–Crippen LogP) is 2.43. The summed E-state index contributed by atoms with van der Waals surface area (Å²) in [6.07, 6.45) is 1.64. The number of H-pyrrole nitrogens is 1. The summed E-state index contributed by atoms with van der Waals surface area (Å²) in [6, 6.07) is 7.82. The minimum atomic E-state index is -1.22. The molecule has 0 radical (unpaired) electrons.